The second-order valence-corrected chi connectivity index (χ2v) is 5.55. The third-order valence-electron chi connectivity index (χ3n) is 3.08. The summed E-state index contributed by atoms with van der Waals surface area (Å²) in [5.41, 5.74) is -0.343. The van der Waals surface area contributed by atoms with Crippen LogP contribution < -0.4 is 5.32 Å². The molecule has 0 bridgehead atoms. The van der Waals surface area contributed by atoms with Crippen molar-refractivity contribution in [2.45, 2.75) is 38.8 Å². The summed E-state index contributed by atoms with van der Waals surface area (Å²) in [7, 11) is 0. The molecule has 17 heavy (non-hydrogen) atoms. The van der Waals surface area contributed by atoms with Crippen molar-refractivity contribution in [3.8, 4) is 6.07 Å². The third-order valence-corrected chi connectivity index (χ3v) is 3.31. The Morgan fingerprint density at radius 2 is 1.88 bits per heavy atom. The minimum absolute atomic E-state index is 0.467. The zero-order valence-electron chi connectivity index (χ0n) is 10.5. The van der Waals surface area contributed by atoms with Crippen LogP contribution >= 0.6 is 11.6 Å². The smallest absolute Gasteiger partial charge is 0.101 e. The lowest BCUT2D eigenvalue weighted by Crippen LogP contribution is -2.51. The first-order valence-electron chi connectivity index (χ1n) is 5.37. The predicted molar refractivity (Wildman–Crippen MR) is 70.2 cm³/mol. The molecule has 3 nitrogen and oxygen atoms in total. The predicted octanol–water partition coefficient (Wildman–Crippen LogP) is 3.17. The summed E-state index contributed by atoms with van der Waals surface area (Å²) in [6.45, 7) is 7.20. The fourth-order valence-corrected chi connectivity index (χ4v) is 1.38. The first-order chi connectivity index (χ1) is 7.67. The average Bonchev–Trinajstić information content (AvgIpc) is 2.18. The van der Waals surface area contributed by atoms with Gasteiger partial charge in [0.05, 0.1) is 22.4 Å². The molecule has 0 aliphatic carbocycles. The van der Waals surface area contributed by atoms with Crippen molar-refractivity contribution >= 4 is 17.3 Å². The Bertz CT molecular complexity index is 455. The number of benzene rings is 1. The maximum atomic E-state index is 10.1. The van der Waals surface area contributed by atoms with Crippen molar-refractivity contribution in [1.29, 1.82) is 5.26 Å². The molecule has 0 aliphatic rings. The van der Waals surface area contributed by atoms with Gasteiger partial charge >= 0.3 is 0 Å². The van der Waals surface area contributed by atoms with Crippen LogP contribution in [0.3, 0.4) is 0 Å². The number of hydrogen-bond acceptors (Lipinski definition) is 3. The minimum atomic E-state index is -0.917. The molecule has 1 aromatic rings. The molecule has 0 saturated carbocycles. The van der Waals surface area contributed by atoms with Crippen LogP contribution in [0.2, 0.25) is 5.02 Å². The average molecular weight is 253 g/mol. The van der Waals surface area contributed by atoms with Gasteiger partial charge in [-0.3, -0.25) is 0 Å². The fraction of sp³-hybridized carbons (Fsp3) is 0.462. The van der Waals surface area contributed by atoms with Gasteiger partial charge in [-0.1, -0.05) is 11.6 Å². The zero-order valence-corrected chi connectivity index (χ0v) is 11.3. The summed E-state index contributed by atoms with van der Waals surface area (Å²) >= 11 is 5.83. The molecular formula is C13H17ClN2O. The van der Waals surface area contributed by atoms with Crippen molar-refractivity contribution in [2.24, 2.45) is 0 Å². The van der Waals surface area contributed by atoms with Crippen LogP contribution in [0.25, 0.3) is 0 Å². The number of anilines is 1. The van der Waals surface area contributed by atoms with Crippen molar-refractivity contribution < 1.29 is 5.11 Å². The monoisotopic (exact) mass is 252 g/mol. The quantitative estimate of drug-likeness (QED) is 0.869. The first-order valence-corrected chi connectivity index (χ1v) is 5.75. The molecule has 0 saturated heterocycles. The van der Waals surface area contributed by atoms with Crippen LogP contribution in [0, 0.1) is 11.3 Å². The molecule has 92 valence electrons. The topological polar surface area (TPSA) is 56.0 Å². The summed E-state index contributed by atoms with van der Waals surface area (Å²) in [5, 5.41) is 22.8. The maximum absolute atomic E-state index is 10.1. The number of aliphatic hydroxyl groups is 1. The Morgan fingerprint density at radius 1 is 1.29 bits per heavy atom. The normalized spacial score (nSPS) is 12.1. The largest absolute Gasteiger partial charge is 0.388 e. The Kier molecular flexibility index (Phi) is 3.71. The highest BCUT2D eigenvalue weighted by Gasteiger charge is 2.35. The lowest BCUT2D eigenvalue weighted by Gasteiger charge is -2.39. The molecule has 0 spiro atoms. The number of rotatable bonds is 3. The van der Waals surface area contributed by atoms with E-state index in [4.69, 9.17) is 16.9 Å². The van der Waals surface area contributed by atoms with Gasteiger partial charge in [-0.25, -0.2) is 0 Å². The Hall–Kier alpha value is -1.24. The molecular weight excluding hydrogens is 236 g/mol. The molecule has 0 heterocycles. The Labute approximate surface area is 107 Å². The lowest BCUT2D eigenvalue weighted by atomic mass is 9.85. The molecule has 0 amide bonds. The summed E-state index contributed by atoms with van der Waals surface area (Å²) in [5.74, 6) is 0. The van der Waals surface area contributed by atoms with Crippen molar-refractivity contribution in [3.05, 3.63) is 28.8 Å². The van der Waals surface area contributed by atoms with E-state index in [0.29, 0.717) is 16.3 Å². The number of hydrogen-bond donors (Lipinski definition) is 2. The summed E-state index contributed by atoms with van der Waals surface area (Å²) in [6, 6.07) is 7.14. The Balaban J connectivity index is 3.09. The number of halogens is 1. The van der Waals surface area contributed by atoms with Gasteiger partial charge in [0, 0.05) is 5.02 Å². The van der Waals surface area contributed by atoms with E-state index < -0.39 is 11.1 Å². The SMILES string of the molecule is CC(C)(O)C(C)(C)Nc1ccc(Cl)cc1C#N. The van der Waals surface area contributed by atoms with E-state index in [-0.39, 0.29) is 0 Å². The van der Waals surface area contributed by atoms with Crippen LogP contribution in [0.5, 0.6) is 0 Å². The van der Waals surface area contributed by atoms with Gasteiger partial charge in [0.1, 0.15) is 6.07 Å². The highest BCUT2D eigenvalue weighted by atomic mass is 35.5. The highest BCUT2D eigenvalue weighted by Crippen LogP contribution is 2.28. The van der Waals surface area contributed by atoms with Crippen LogP contribution in [-0.2, 0) is 0 Å². The summed E-state index contributed by atoms with van der Waals surface area (Å²) < 4.78 is 0. The third kappa shape index (κ3) is 3.12. The molecule has 0 aliphatic heterocycles. The van der Waals surface area contributed by atoms with Gasteiger partial charge in [0.2, 0.25) is 0 Å². The molecule has 0 atom stereocenters. The van der Waals surface area contributed by atoms with E-state index in [9.17, 15) is 5.11 Å². The second kappa shape index (κ2) is 4.56. The molecule has 0 fully saturated rings. The van der Waals surface area contributed by atoms with Crippen LogP contribution in [0.1, 0.15) is 33.3 Å². The fourth-order valence-electron chi connectivity index (χ4n) is 1.21. The van der Waals surface area contributed by atoms with Crippen LogP contribution in [-0.4, -0.2) is 16.2 Å². The van der Waals surface area contributed by atoms with Crippen LogP contribution in [0.15, 0.2) is 18.2 Å². The standard InChI is InChI=1S/C13H17ClN2O/c1-12(2,13(3,4)17)16-11-6-5-10(14)7-9(11)8-15/h5-7,16-17H,1-4H3. The summed E-state index contributed by atoms with van der Waals surface area (Å²) in [6.07, 6.45) is 0. The molecule has 4 heteroatoms. The van der Waals surface area contributed by atoms with Crippen LogP contribution in [0.4, 0.5) is 5.69 Å². The van der Waals surface area contributed by atoms with Gasteiger partial charge in [0.15, 0.2) is 0 Å². The van der Waals surface area contributed by atoms with E-state index in [1.54, 1.807) is 32.0 Å². The number of nitriles is 1. The highest BCUT2D eigenvalue weighted by molar-refractivity contribution is 6.30. The maximum Gasteiger partial charge on any atom is 0.101 e. The molecule has 0 unspecified atom stereocenters. The van der Waals surface area contributed by atoms with Crippen molar-refractivity contribution in [2.75, 3.05) is 5.32 Å². The van der Waals surface area contributed by atoms with Gasteiger partial charge in [-0.2, -0.15) is 5.26 Å². The first kappa shape index (κ1) is 13.8. The van der Waals surface area contributed by atoms with Crippen molar-refractivity contribution in [3.63, 3.8) is 0 Å². The van der Waals surface area contributed by atoms with E-state index in [1.165, 1.54) is 0 Å². The number of nitrogens with zero attached hydrogens (tertiary/aromatic N) is 1. The summed E-state index contributed by atoms with van der Waals surface area (Å²) in [4.78, 5) is 0. The molecule has 0 radical (unpaired) electrons. The van der Waals surface area contributed by atoms with Gasteiger partial charge in [-0.05, 0) is 45.9 Å². The molecule has 0 aromatic heterocycles. The van der Waals surface area contributed by atoms with E-state index in [2.05, 4.69) is 11.4 Å². The molecule has 1 rings (SSSR count). The van der Waals surface area contributed by atoms with E-state index >= 15 is 0 Å². The van der Waals surface area contributed by atoms with Crippen molar-refractivity contribution in [1.82, 2.24) is 0 Å². The van der Waals surface area contributed by atoms with Gasteiger partial charge in [-0.15, -0.1) is 0 Å². The minimum Gasteiger partial charge on any atom is -0.388 e. The van der Waals surface area contributed by atoms with Gasteiger partial charge < -0.3 is 10.4 Å². The lowest BCUT2D eigenvalue weighted by molar-refractivity contribution is 0.0240. The second-order valence-electron chi connectivity index (χ2n) is 5.11. The molecule has 1 aromatic carbocycles. The number of nitrogens with one attached hydrogen (secondary N) is 1. The Morgan fingerprint density at radius 3 is 2.35 bits per heavy atom. The molecule has 2 N–H and O–H groups in total. The van der Waals surface area contributed by atoms with Gasteiger partial charge in [0.25, 0.3) is 0 Å². The van der Waals surface area contributed by atoms with E-state index in [0.717, 1.165) is 0 Å². The zero-order chi connectivity index (χ0) is 13.3. The van der Waals surface area contributed by atoms with E-state index in [1.807, 2.05) is 13.8 Å².